The van der Waals surface area contributed by atoms with E-state index >= 15 is 0 Å². The second kappa shape index (κ2) is 11.6. The van der Waals surface area contributed by atoms with E-state index in [9.17, 15) is 39.3 Å². The summed E-state index contributed by atoms with van der Waals surface area (Å²) in [6, 6.07) is -1.06. The van der Waals surface area contributed by atoms with Crippen molar-refractivity contribution in [2.75, 3.05) is 6.61 Å². The number of carboxylic acid groups (broad SMARTS) is 1. The van der Waals surface area contributed by atoms with Crippen LogP contribution in [0.4, 0.5) is 0 Å². The molecule has 0 aromatic carbocycles. The molecule has 0 spiro atoms. The highest BCUT2D eigenvalue weighted by atomic mass is 16.5. The van der Waals surface area contributed by atoms with Crippen LogP contribution in [0.25, 0.3) is 0 Å². The lowest BCUT2D eigenvalue weighted by molar-refractivity contribution is -0.184. The molecule has 10 heteroatoms. The quantitative estimate of drug-likeness (QED) is 0.286. The van der Waals surface area contributed by atoms with E-state index in [1.54, 1.807) is 13.0 Å². The van der Waals surface area contributed by atoms with Crippen molar-refractivity contribution in [2.24, 2.45) is 34.5 Å². The Morgan fingerprint density at radius 3 is 2.49 bits per heavy atom. The normalized spacial score (nSPS) is 37.5. The smallest absolute Gasteiger partial charge is 0.326 e. The first-order valence-electron chi connectivity index (χ1n) is 15.0. The summed E-state index contributed by atoms with van der Waals surface area (Å²) in [5.41, 5.74) is -1.81. The van der Waals surface area contributed by atoms with Crippen molar-refractivity contribution in [2.45, 2.75) is 110 Å². The zero-order valence-electron chi connectivity index (χ0n) is 24.6. The number of aliphatic carboxylic acids is 1. The lowest BCUT2D eigenvalue weighted by atomic mass is 9.45. The second-order valence-corrected chi connectivity index (χ2v) is 13.3. The van der Waals surface area contributed by atoms with Crippen LogP contribution in [-0.2, 0) is 28.7 Å². The highest BCUT2D eigenvalue weighted by Crippen LogP contribution is 2.67. The monoisotopic (exact) mass is 575 g/mol. The first-order valence-corrected chi connectivity index (χ1v) is 15.0. The van der Waals surface area contributed by atoms with E-state index in [-0.39, 0.29) is 60.6 Å². The summed E-state index contributed by atoms with van der Waals surface area (Å²) in [6.07, 6.45) is 4.77. The number of hydrogen-bond acceptors (Lipinski definition) is 8. The maximum Gasteiger partial charge on any atom is 0.326 e. The molecule has 0 unspecified atom stereocenters. The van der Waals surface area contributed by atoms with Gasteiger partial charge < -0.3 is 25.4 Å². The standard InChI is InChI=1S/C31H45NO9/c1-5-17(2)27(28(38)39)32-24(36)8-9-25(37)41-16-23(35)31(40)13-11-21-20-7-6-18-14-19(33)10-12-29(18,3)26(20)22(34)15-30(21,31)4/h14,17,20-22,26-27,34,40H,5-13,15-16H2,1-4H3,(H,32,36)(H,38,39)/t17-,20-,21+,22+,26-,27-,29-,30-,31-/m0/s1. The molecule has 0 aromatic rings. The van der Waals surface area contributed by atoms with Gasteiger partial charge in [0.15, 0.2) is 12.4 Å². The minimum Gasteiger partial charge on any atom is -0.480 e. The first kappa shape index (κ1) is 31.3. The topological polar surface area (TPSA) is 167 Å². The average molecular weight is 576 g/mol. The lowest BCUT2D eigenvalue weighted by Crippen LogP contribution is -2.62. The molecule has 3 saturated carbocycles. The van der Waals surface area contributed by atoms with Crippen LogP contribution in [0, 0.1) is 34.5 Å². The van der Waals surface area contributed by atoms with E-state index in [1.807, 2.05) is 13.8 Å². The van der Waals surface area contributed by atoms with E-state index in [4.69, 9.17) is 4.74 Å². The van der Waals surface area contributed by atoms with Crippen LogP contribution in [0.1, 0.15) is 91.9 Å². The molecular formula is C31H45NO9. The molecule has 0 radical (unpaired) electrons. The summed E-state index contributed by atoms with van der Waals surface area (Å²) in [5, 5.41) is 35.0. The van der Waals surface area contributed by atoms with Crippen molar-refractivity contribution in [3.8, 4) is 0 Å². The van der Waals surface area contributed by atoms with Gasteiger partial charge in [-0.1, -0.05) is 39.7 Å². The van der Waals surface area contributed by atoms with Gasteiger partial charge in [0.2, 0.25) is 11.7 Å². The van der Waals surface area contributed by atoms with Gasteiger partial charge in [-0.15, -0.1) is 0 Å². The van der Waals surface area contributed by atoms with Crippen molar-refractivity contribution in [1.29, 1.82) is 0 Å². The molecular weight excluding hydrogens is 530 g/mol. The first-order chi connectivity index (χ1) is 19.2. The minimum atomic E-state index is -1.76. The number of aliphatic hydroxyl groups is 2. The maximum atomic E-state index is 13.4. The molecule has 228 valence electrons. The third-order valence-electron chi connectivity index (χ3n) is 11.2. The van der Waals surface area contributed by atoms with Crippen molar-refractivity contribution in [3.63, 3.8) is 0 Å². The number of carbonyl (C=O) groups is 5. The number of esters is 1. The Morgan fingerprint density at radius 1 is 1.12 bits per heavy atom. The summed E-state index contributed by atoms with van der Waals surface area (Å²) in [5.74, 6) is -3.23. The van der Waals surface area contributed by atoms with Crippen molar-refractivity contribution in [3.05, 3.63) is 11.6 Å². The Bertz CT molecular complexity index is 1130. The number of ether oxygens (including phenoxy) is 1. The van der Waals surface area contributed by atoms with Crippen LogP contribution in [0.3, 0.4) is 0 Å². The lowest BCUT2D eigenvalue weighted by Gasteiger charge is -2.60. The van der Waals surface area contributed by atoms with Crippen LogP contribution >= 0.6 is 0 Å². The van der Waals surface area contributed by atoms with Gasteiger partial charge in [0, 0.05) is 18.3 Å². The van der Waals surface area contributed by atoms with Crippen LogP contribution in [0.15, 0.2) is 11.6 Å². The Morgan fingerprint density at radius 2 is 1.83 bits per heavy atom. The van der Waals surface area contributed by atoms with Gasteiger partial charge in [-0.25, -0.2) is 4.79 Å². The third kappa shape index (κ3) is 5.49. The van der Waals surface area contributed by atoms with Gasteiger partial charge in [-0.05, 0) is 73.7 Å². The maximum absolute atomic E-state index is 13.4. The molecule has 9 atom stereocenters. The Hall–Kier alpha value is -2.59. The average Bonchev–Trinajstić information content (AvgIpc) is 3.19. The molecule has 0 aromatic heterocycles. The number of carbonyl (C=O) groups excluding carboxylic acids is 4. The predicted octanol–water partition coefficient (Wildman–Crippen LogP) is 2.73. The molecule has 4 aliphatic rings. The number of allylic oxidation sites excluding steroid dienone is 1. The summed E-state index contributed by atoms with van der Waals surface area (Å²) < 4.78 is 5.16. The highest BCUT2D eigenvalue weighted by molar-refractivity contribution is 5.92. The molecule has 4 N–H and O–H groups in total. The Balaban J connectivity index is 1.37. The van der Waals surface area contributed by atoms with Crippen molar-refractivity contribution < 1.29 is 44.0 Å². The predicted molar refractivity (Wildman–Crippen MR) is 147 cm³/mol. The molecule has 0 aliphatic heterocycles. The number of hydrogen-bond donors (Lipinski definition) is 4. The fraction of sp³-hybridized carbons (Fsp3) is 0.774. The van der Waals surface area contributed by atoms with Gasteiger partial charge in [-0.2, -0.15) is 0 Å². The molecule has 4 rings (SSSR count). The minimum absolute atomic E-state index is 0.00736. The molecule has 3 fully saturated rings. The Labute approximate surface area is 241 Å². The molecule has 1 amide bonds. The summed E-state index contributed by atoms with van der Waals surface area (Å²) in [6.45, 7) is 6.90. The second-order valence-electron chi connectivity index (χ2n) is 13.3. The molecule has 0 heterocycles. The number of amides is 1. The number of aliphatic hydroxyl groups excluding tert-OH is 1. The van der Waals surface area contributed by atoms with Gasteiger partial charge in [0.25, 0.3) is 0 Å². The van der Waals surface area contributed by atoms with Gasteiger partial charge in [0.1, 0.15) is 11.6 Å². The third-order valence-corrected chi connectivity index (χ3v) is 11.2. The largest absolute Gasteiger partial charge is 0.480 e. The summed E-state index contributed by atoms with van der Waals surface area (Å²) in [7, 11) is 0. The number of Topliss-reactive ketones (excluding diaryl/α,β-unsaturated/α-hetero) is 1. The molecule has 0 saturated heterocycles. The zero-order chi connectivity index (χ0) is 30.3. The van der Waals surface area contributed by atoms with E-state index in [0.29, 0.717) is 25.7 Å². The van der Waals surface area contributed by atoms with E-state index in [1.165, 1.54) is 0 Å². The van der Waals surface area contributed by atoms with E-state index < -0.39 is 53.4 Å². The van der Waals surface area contributed by atoms with Crippen LogP contribution in [0.5, 0.6) is 0 Å². The van der Waals surface area contributed by atoms with Crippen molar-refractivity contribution in [1.82, 2.24) is 5.32 Å². The van der Waals surface area contributed by atoms with Gasteiger partial charge >= 0.3 is 11.9 Å². The van der Waals surface area contributed by atoms with Gasteiger partial charge in [-0.3, -0.25) is 19.2 Å². The fourth-order valence-electron chi connectivity index (χ4n) is 8.63. The number of nitrogens with one attached hydrogen (secondary N) is 1. The highest BCUT2D eigenvalue weighted by Gasteiger charge is 2.68. The van der Waals surface area contributed by atoms with Crippen LogP contribution in [-0.4, -0.2) is 69.1 Å². The van der Waals surface area contributed by atoms with Crippen LogP contribution in [0.2, 0.25) is 0 Å². The van der Waals surface area contributed by atoms with E-state index in [2.05, 4.69) is 12.2 Å². The van der Waals surface area contributed by atoms with Crippen molar-refractivity contribution >= 4 is 29.4 Å². The van der Waals surface area contributed by atoms with Crippen LogP contribution < -0.4 is 5.32 Å². The van der Waals surface area contributed by atoms with Gasteiger partial charge in [0.05, 0.1) is 12.5 Å². The molecule has 0 bridgehead atoms. The molecule has 4 aliphatic carbocycles. The molecule has 41 heavy (non-hydrogen) atoms. The number of fused-ring (bicyclic) bond motifs is 5. The zero-order valence-corrected chi connectivity index (χ0v) is 24.6. The van der Waals surface area contributed by atoms with E-state index in [0.717, 1.165) is 18.4 Å². The summed E-state index contributed by atoms with van der Waals surface area (Å²) in [4.78, 5) is 61.5. The molecule has 10 nitrogen and oxygen atoms in total. The number of rotatable bonds is 10. The number of ketones is 2. The SMILES string of the molecule is CC[C@H](C)[C@H](NC(=O)CCC(=O)OCC(=O)[C@@]1(O)CC[C@@H]2[C@@H]3CCC4=CC(=O)CC[C@]4(C)[C@@H]3[C@H](O)C[C@@]21C)C(=O)O. The fourth-order valence-corrected chi connectivity index (χ4v) is 8.63. The summed E-state index contributed by atoms with van der Waals surface area (Å²) >= 11 is 0. The number of carboxylic acids is 1. The Kier molecular flexibility index (Phi) is 8.86.